The lowest BCUT2D eigenvalue weighted by atomic mass is 10.1. The second-order valence-corrected chi connectivity index (χ2v) is 8.73. The number of rotatable bonds is 6. The second-order valence-electron chi connectivity index (χ2n) is 6.80. The summed E-state index contributed by atoms with van der Waals surface area (Å²) in [5.74, 6) is 0. The maximum Gasteiger partial charge on any atom is 0.282 e. The summed E-state index contributed by atoms with van der Waals surface area (Å²) in [4.78, 5) is 2.42. The van der Waals surface area contributed by atoms with Crippen molar-refractivity contribution in [3.8, 4) is 0 Å². The van der Waals surface area contributed by atoms with E-state index in [1.54, 1.807) is 8.61 Å². The molecule has 6 heteroatoms. The molecule has 5 nitrogen and oxygen atoms in total. The highest BCUT2D eigenvalue weighted by molar-refractivity contribution is 7.86. The van der Waals surface area contributed by atoms with Crippen molar-refractivity contribution >= 4 is 10.2 Å². The van der Waals surface area contributed by atoms with Crippen molar-refractivity contribution in [2.45, 2.75) is 32.1 Å². The molecule has 2 aliphatic rings. The zero-order valence-corrected chi connectivity index (χ0v) is 15.3. The van der Waals surface area contributed by atoms with Gasteiger partial charge in [-0.05, 0) is 50.8 Å². The zero-order valence-electron chi connectivity index (χ0n) is 14.4. The van der Waals surface area contributed by atoms with Crippen LogP contribution in [0, 0.1) is 0 Å². The molecule has 0 aliphatic carbocycles. The van der Waals surface area contributed by atoms with E-state index in [9.17, 15) is 8.42 Å². The minimum atomic E-state index is -3.23. The van der Waals surface area contributed by atoms with E-state index in [4.69, 9.17) is 0 Å². The van der Waals surface area contributed by atoms with Crippen molar-refractivity contribution in [2.24, 2.45) is 0 Å². The highest BCUT2D eigenvalue weighted by atomic mass is 32.2. The van der Waals surface area contributed by atoms with E-state index in [1.807, 2.05) is 6.07 Å². The third-order valence-corrected chi connectivity index (χ3v) is 7.08. The summed E-state index contributed by atoms with van der Waals surface area (Å²) in [6.45, 7) is 5.58. The summed E-state index contributed by atoms with van der Waals surface area (Å²) in [7, 11) is -3.23. The van der Waals surface area contributed by atoms with E-state index < -0.39 is 10.2 Å². The van der Waals surface area contributed by atoms with Crippen LogP contribution in [0.2, 0.25) is 0 Å². The van der Waals surface area contributed by atoms with Crippen LogP contribution in [0.5, 0.6) is 0 Å². The van der Waals surface area contributed by atoms with Crippen LogP contribution in [0.1, 0.15) is 31.2 Å². The van der Waals surface area contributed by atoms with Gasteiger partial charge in [-0.15, -0.1) is 0 Å². The molecule has 2 saturated heterocycles. The number of hydrogen-bond donors (Lipinski definition) is 0. The molecule has 0 unspecified atom stereocenters. The lowest BCUT2D eigenvalue weighted by molar-refractivity contribution is 0.281. The number of hydrogen-bond acceptors (Lipinski definition) is 3. The van der Waals surface area contributed by atoms with Crippen molar-refractivity contribution < 1.29 is 8.42 Å². The fourth-order valence-electron chi connectivity index (χ4n) is 3.64. The van der Waals surface area contributed by atoms with Crippen LogP contribution in [-0.4, -0.2) is 67.7 Å². The number of aryl methyl sites for hydroxylation is 1. The quantitative estimate of drug-likeness (QED) is 0.787. The van der Waals surface area contributed by atoms with E-state index in [-0.39, 0.29) is 0 Å². The first-order chi connectivity index (χ1) is 11.7. The molecule has 2 fully saturated rings. The lowest BCUT2D eigenvalue weighted by Gasteiger charge is -2.26. The van der Waals surface area contributed by atoms with Crippen LogP contribution in [0.25, 0.3) is 0 Å². The third kappa shape index (κ3) is 4.57. The van der Waals surface area contributed by atoms with Crippen LogP contribution in [0.15, 0.2) is 30.3 Å². The maximum atomic E-state index is 12.7. The van der Waals surface area contributed by atoms with Gasteiger partial charge in [0, 0.05) is 32.7 Å². The fourth-order valence-corrected chi connectivity index (χ4v) is 5.35. The Morgan fingerprint density at radius 2 is 1.46 bits per heavy atom. The predicted octanol–water partition coefficient (Wildman–Crippen LogP) is 1.97. The third-order valence-electron chi connectivity index (χ3n) is 5.05. The Kier molecular flexibility index (Phi) is 6.27. The van der Waals surface area contributed by atoms with E-state index in [0.717, 1.165) is 51.7 Å². The molecule has 0 N–H and O–H groups in total. The summed E-state index contributed by atoms with van der Waals surface area (Å²) >= 11 is 0. The summed E-state index contributed by atoms with van der Waals surface area (Å²) < 4.78 is 28.7. The van der Waals surface area contributed by atoms with Crippen LogP contribution in [0.3, 0.4) is 0 Å². The van der Waals surface area contributed by atoms with Crippen molar-refractivity contribution in [1.82, 2.24) is 13.5 Å². The molecule has 1 aromatic carbocycles. The molecule has 134 valence electrons. The van der Waals surface area contributed by atoms with Crippen LogP contribution in [0.4, 0.5) is 0 Å². The number of benzene rings is 1. The molecule has 0 bridgehead atoms. The van der Waals surface area contributed by atoms with E-state index >= 15 is 0 Å². The standard InChI is InChI=1S/C18H29N3O2S/c22-24(23,20-13-4-5-14-20)21-15-7-12-19(16-17-21)11-6-10-18-8-2-1-3-9-18/h1-3,8-9H,4-7,10-17H2. The molecule has 0 saturated carbocycles. The molecular formula is C18H29N3O2S. The topological polar surface area (TPSA) is 43.9 Å². The first-order valence-corrected chi connectivity index (χ1v) is 10.6. The normalized spacial score (nSPS) is 21.8. The molecule has 0 radical (unpaired) electrons. The highest BCUT2D eigenvalue weighted by Gasteiger charge is 2.32. The van der Waals surface area contributed by atoms with Gasteiger partial charge in [-0.25, -0.2) is 0 Å². The van der Waals surface area contributed by atoms with Gasteiger partial charge in [0.15, 0.2) is 0 Å². The SMILES string of the molecule is O=S(=O)(N1CCCC1)N1CCCN(CCCc2ccccc2)CC1. The van der Waals surface area contributed by atoms with E-state index in [2.05, 4.69) is 29.2 Å². The Bertz CT molecular complexity index is 600. The Labute approximate surface area is 146 Å². The van der Waals surface area contributed by atoms with Gasteiger partial charge in [0.1, 0.15) is 0 Å². The van der Waals surface area contributed by atoms with Gasteiger partial charge < -0.3 is 4.90 Å². The van der Waals surface area contributed by atoms with Crippen molar-refractivity contribution in [1.29, 1.82) is 0 Å². The molecule has 0 aromatic heterocycles. The van der Waals surface area contributed by atoms with E-state index in [0.29, 0.717) is 26.2 Å². The van der Waals surface area contributed by atoms with Gasteiger partial charge in [-0.2, -0.15) is 17.0 Å². The summed E-state index contributed by atoms with van der Waals surface area (Å²) in [6, 6.07) is 10.6. The minimum absolute atomic E-state index is 0.629. The zero-order chi connectivity index (χ0) is 16.8. The van der Waals surface area contributed by atoms with Crippen molar-refractivity contribution in [2.75, 3.05) is 45.8 Å². The molecular weight excluding hydrogens is 322 g/mol. The maximum absolute atomic E-state index is 12.7. The average molecular weight is 352 g/mol. The predicted molar refractivity (Wildman–Crippen MR) is 97.1 cm³/mol. The van der Waals surface area contributed by atoms with Gasteiger partial charge in [0.05, 0.1) is 0 Å². The molecule has 0 spiro atoms. The van der Waals surface area contributed by atoms with Crippen molar-refractivity contribution in [3.05, 3.63) is 35.9 Å². The molecule has 24 heavy (non-hydrogen) atoms. The van der Waals surface area contributed by atoms with Gasteiger partial charge in [0.2, 0.25) is 0 Å². The van der Waals surface area contributed by atoms with Gasteiger partial charge in [0.25, 0.3) is 10.2 Å². The molecule has 2 heterocycles. The Morgan fingerprint density at radius 1 is 0.792 bits per heavy atom. The minimum Gasteiger partial charge on any atom is -0.302 e. The fraction of sp³-hybridized carbons (Fsp3) is 0.667. The molecule has 0 amide bonds. The Morgan fingerprint density at radius 3 is 2.21 bits per heavy atom. The average Bonchev–Trinajstić information content (AvgIpc) is 3.03. The van der Waals surface area contributed by atoms with Crippen molar-refractivity contribution in [3.63, 3.8) is 0 Å². The van der Waals surface area contributed by atoms with Crippen LogP contribution in [-0.2, 0) is 16.6 Å². The van der Waals surface area contributed by atoms with Crippen LogP contribution < -0.4 is 0 Å². The van der Waals surface area contributed by atoms with Gasteiger partial charge in [-0.1, -0.05) is 30.3 Å². The van der Waals surface area contributed by atoms with Gasteiger partial charge >= 0.3 is 0 Å². The molecule has 3 rings (SSSR count). The summed E-state index contributed by atoms with van der Waals surface area (Å²) in [5, 5.41) is 0. The van der Waals surface area contributed by atoms with E-state index in [1.165, 1.54) is 5.56 Å². The molecule has 1 aromatic rings. The largest absolute Gasteiger partial charge is 0.302 e. The lowest BCUT2D eigenvalue weighted by Crippen LogP contribution is -2.44. The summed E-state index contributed by atoms with van der Waals surface area (Å²) in [5.41, 5.74) is 1.38. The molecule has 0 atom stereocenters. The number of nitrogens with zero attached hydrogens (tertiary/aromatic N) is 3. The monoisotopic (exact) mass is 351 g/mol. The Hall–Kier alpha value is -0.950. The first-order valence-electron chi connectivity index (χ1n) is 9.18. The summed E-state index contributed by atoms with van der Waals surface area (Å²) in [6.07, 6.45) is 5.14. The smallest absolute Gasteiger partial charge is 0.282 e. The second kappa shape index (κ2) is 8.43. The molecule has 2 aliphatic heterocycles. The first kappa shape index (κ1) is 17.9. The van der Waals surface area contributed by atoms with Crippen LogP contribution >= 0.6 is 0 Å². The Balaban J connectivity index is 1.46. The highest BCUT2D eigenvalue weighted by Crippen LogP contribution is 2.18. The van der Waals surface area contributed by atoms with Gasteiger partial charge in [-0.3, -0.25) is 0 Å².